The number of rotatable bonds is 2. The third-order valence-electron chi connectivity index (χ3n) is 5.42. The monoisotopic (exact) mass is 386 g/mol. The topological polar surface area (TPSA) is 70.5 Å². The van der Waals surface area contributed by atoms with Crippen molar-refractivity contribution in [3.05, 3.63) is 75.6 Å². The molecule has 5 aromatic rings. The van der Waals surface area contributed by atoms with E-state index >= 15 is 0 Å². The van der Waals surface area contributed by atoms with Crippen LogP contribution < -0.4 is 16.0 Å². The second-order valence-corrected chi connectivity index (χ2v) is 6.97. The van der Waals surface area contributed by atoms with Crippen molar-refractivity contribution in [1.29, 1.82) is 0 Å². The minimum atomic E-state index is -0.371. The smallest absolute Gasteiger partial charge is 0.331 e. The number of nitrogens with zero attached hydrogens (tertiary/aromatic N) is 4. The highest BCUT2D eigenvalue weighted by molar-refractivity contribution is 6.06. The van der Waals surface area contributed by atoms with Gasteiger partial charge in [-0.15, -0.1) is 0 Å². The lowest BCUT2D eigenvalue weighted by molar-refractivity contribution is 0.415. The molecule has 3 heterocycles. The fourth-order valence-corrected chi connectivity index (χ4v) is 3.98. The molecule has 0 atom stereocenters. The average molecular weight is 386 g/mol. The van der Waals surface area contributed by atoms with Gasteiger partial charge in [-0.05, 0) is 42.0 Å². The maximum atomic E-state index is 13.2. The van der Waals surface area contributed by atoms with Crippen LogP contribution in [0.25, 0.3) is 38.7 Å². The first kappa shape index (κ1) is 17.2. The highest BCUT2D eigenvalue weighted by atomic mass is 16.5. The van der Waals surface area contributed by atoms with Gasteiger partial charge in [-0.25, -0.2) is 4.79 Å². The van der Waals surface area contributed by atoms with Crippen LogP contribution in [0.1, 0.15) is 0 Å². The first-order valence-corrected chi connectivity index (χ1v) is 9.15. The molecule has 0 unspecified atom stereocenters. The molecule has 0 aliphatic heterocycles. The van der Waals surface area contributed by atoms with Gasteiger partial charge in [0.1, 0.15) is 5.75 Å². The standard InChI is InChI=1S/C22H18N4O3/c1-24-20-17-12-23-15-6-4-5-7-16(15)26(17)19(13-8-10-14(29-3)11-9-13)18(20)21(27)25(2)22(24)28/h4-12H,1-3H3. The minimum Gasteiger partial charge on any atom is -0.497 e. The predicted molar refractivity (Wildman–Crippen MR) is 113 cm³/mol. The van der Waals surface area contributed by atoms with Gasteiger partial charge in [0.2, 0.25) is 0 Å². The Balaban J connectivity index is 2.11. The van der Waals surface area contributed by atoms with E-state index in [1.807, 2.05) is 52.9 Å². The van der Waals surface area contributed by atoms with Crippen molar-refractivity contribution in [2.75, 3.05) is 7.11 Å². The SMILES string of the molecule is COc1ccc(-c2c3c(=O)n(C)c(=O)n(C)c3c3cnc4ccccc4n23)cc1. The number of ether oxygens (including phenoxy) is 1. The lowest BCUT2D eigenvalue weighted by Crippen LogP contribution is -2.36. The van der Waals surface area contributed by atoms with Gasteiger partial charge >= 0.3 is 5.69 Å². The maximum Gasteiger partial charge on any atom is 0.331 e. The van der Waals surface area contributed by atoms with Gasteiger partial charge in [-0.1, -0.05) is 12.1 Å². The molecule has 0 aliphatic carbocycles. The van der Waals surface area contributed by atoms with Crippen LogP contribution in [-0.2, 0) is 14.1 Å². The van der Waals surface area contributed by atoms with Gasteiger partial charge in [-0.3, -0.25) is 18.9 Å². The number of methoxy groups -OCH3 is 1. The molecule has 3 aromatic heterocycles. The van der Waals surface area contributed by atoms with Crippen LogP contribution in [0, 0.1) is 0 Å². The number of hydrogen-bond acceptors (Lipinski definition) is 4. The maximum absolute atomic E-state index is 13.2. The number of aromatic nitrogens is 4. The molecule has 0 saturated heterocycles. The first-order chi connectivity index (χ1) is 14.0. The average Bonchev–Trinajstić information content (AvgIpc) is 3.12. The van der Waals surface area contributed by atoms with Crippen LogP contribution in [0.4, 0.5) is 0 Å². The molecule has 5 rings (SSSR count). The largest absolute Gasteiger partial charge is 0.497 e. The number of fused-ring (bicyclic) bond motifs is 5. The van der Waals surface area contributed by atoms with E-state index in [0.29, 0.717) is 16.4 Å². The van der Waals surface area contributed by atoms with Crippen LogP contribution in [0.5, 0.6) is 5.75 Å². The molecule has 29 heavy (non-hydrogen) atoms. The van der Waals surface area contributed by atoms with Crippen molar-refractivity contribution >= 4 is 27.5 Å². The highest BCUT2D eigenvalue weighted by Crippen LogP contribution is 2.34. The number of benzene rings is 2. The summed E-state index contributed by atoms with van der Waals surface area (Å²) in [5.41, 5.74) is 3.82. The molecule has 0 fully saturated rings. The molecule has 0 bridgehead atoms. The lowest BCUT2D eigenvalue weighted by atomic mass is 10.1. The Morgan fingerprint density at radius 3 is 2.34 bits per heavy atom. The number of aryl methyl sites for hydroxylation is 1. The summed E-state index contributed by atoms with van der Waals surface area (Å²) in [5, 5.41) is 0.484. The summed E-state index contributed by atoms with van der Waals surface area (Å²) in [6, 6.07) is 15.3. The van der Waals surface area contributed by atoms with Gasteiger partial charge in [0.05, 0.1) is 46.5 Å². The summed E-state index contributed by atoms with van der Waals surface area (Å²) in [5.74, 6) is 0.728. The van der Waals surface area contributed by atoms with Crippen molar-refractivity contribution in [1.82, 2.24) is 18.5 Å². The van der Waals surface area contributed by atoms with E-state index in [9.17, 15) is 9.59 Å². The number of hydrogen-bond donors (Lipinski definition) is 0. The summed E-state index contributed by atoms with van der Waals surface area (Å²) in [6.07, 6.45) is 1.72. The summed E-state index contributed by atoms with van der Waals surface area (Å²) in [6.45, 7) is 0. The van der Waals surface area contributed by atoms with E-state index in [0.717, 1.165) is 32.6 Å². The van der Waals surface area contributed by atoms with Crippen molar-refractivity contribution < 1.29 is 4.74 Å². The molecule has 0 radical (unpaired) electrons. The van der Waals surface area contributed by atoms with E-state index in [1.54, 1.807) is 20.4 Å². The Hall–Kier alpha value is -3.87. The van der Waals surface area contributed by atoms with Gasteiger partial charge in [0.15, 0.2) is 0 Å². The fourth-order valence-electron chi connectivity index (χ4n) is 3.98. The first-order valence-electron chi connectivity index (χ1n) is 9.15. The minimum absolute atomic E-state index is 0.332. The Kier molecular flexibility index (Phi) is 3.61. The molecule has 0 saturated carbocycles. The van der Waals surface area contributed by atoms with Gasteiger partial charge in [0, 0.05) is 14.1 Å². The third kappa shape index (κ3) is 2.27. The fraction of sp³-hybridized carbons (Fsp3) is 0.136. The molecule has 144 valence electrons. The molecule has 7 heteroatoms. The Bertz CT molecular complexity index is 1540. The summed E-state index contributed by atoms with van der Waals surface area (Å²) >= 11 is 0. The van der Waals surface area contributed by atoms with Crippen molar-refractivity contribution in [2.24, 2.45) is 14.1 Å². The van der Waals surface area contributed by atoms with E-state index in [1.165, 1.54) is 11.6 Å². The second-order valence-electron chi connectivity index (χ2n) is 6.97. The Labute approximate surface area is 165 Å². The Morgan fingerprint density at radius 1 is 0.897 bits per heavy atom. The highest BCUT2D eigenvalue weighted by Gasteiger charge is 2.22. The normalized spacial score (nSPS) is 11.6. The molecular formula is C22H18N4O3. The summed E-state index contributed by atoms with van der Waals surface area (Å²) in [4.78, 5) is 30.4. The Morgan fingerprint density at radius 2 is 1.62 bits per heavy atom. The van der Waals surface area contributed by atoms with Crippen molar-refractivity contribution in [3.63, 3.8) is 0 Å². The van der Waals surface area contributed by atoms with Crippen LogP contribution in [0.15, 0.2) is 64.3 Å². The van der Waals surface area contributed by atoms with Crippen LogP contribution >= 0.6 is 0 Å². The zero-order valence-electron chi connectivity index (χ0n) is 16.2. The van der Waals surface area contributed by atoms with Gasteiger partial charge in [0.25, 0.3) is 5.56 Å². The van der Waals surface area contributed by atoms with Crippen molar-refractivity contribution in [3.8, 4) is 17.0 Å². The molecule has 0 spiro atoms. The summed E-state index contributed by atoms with van der Waals surface area (Å²) in [7, 11) is 4.79. The predicted octanol–water partition coefficient (Wildman–Crippen LogP) is 2.71. The quantitative estimate of drug-likeness (QED) is 0.468. The van der Waals surface area contributed by atoms with Crippen LogP contribution in [0.2, 0.25) is 0 Å². The van der Waals surface area contributed by atoms with E-state index in [2.05, 4.69) is 4.98 Å². The zero-order valence-corrected chi connectivity index (χ0v) is 16.2. The van der Waals surface area contributed by atoms with E-state index in [4.69, 9.17) is 4.74 Å². The molecule has 0 amide bonds. The van der Waals surface area contributed by atoms with Crippen LogP contribution in [0.3, 0.4) is 0 Å². The molecule has 0 N–H and O–H groups in total. The lowest BCUT2D eigenvalue weighted by Gasteiger charge is -2.08. The van der Waals surface area contributed by atoms with E-state index < -0.39 is 0 Å². The van der Waals surface area contributed by atoms with E-state index in [-0.39, 0.29) is 11.2 Å². The van der Waals surface area contributed by atoms with Gasteiger partial charge in [-0.2, -0.15) is 0 Å². The van der Waals surface area contributed by atoms with Crippen LogP contribution in [-0.4, -0.2) is 25.6 Å². The van der Waals surface area contributed by atoms with Gasteiger partial charge < -0.3 is 9.14 Å². The molecular weight excluding hydrogens is 368 g/mol. The number of para-hydroxylation sites is 2. The molecule has 0 aliphatic rings. The zero-order chi connectivity index (χ0) is 20.3. The van der Waals surface area contributed by atoms with Crippen molar-refractivity contribution in [2.45, 2.75) is 0 Å². The third-order valence-corrected chi connectivity index (χ3v) is 5.42. The molecule has 2 aromatic carbocycles. The second kappa shape index (κ2) is 6.07. The molecule has 7 nitrogen and oxygen atoms in total. The summed E-state index contributed by atoms with van der Waals surface area (Å²) < 4.78 is 9.94.